The average Bonchev–Trinajstić information content (AvgIpc) is 2.87. The van der Waals surface area contributed by atoms with E-state index < -0.39 is 0 Å². The summed E-state index contributed by atoms with van der Waals surface area (Å²) in [6, 6.07) is 29.9. The lowest BCUT2D eigenvalue weighted by Crippen LogP contribution is -2.34. The molecule has 0 fully saturated rings. The van der Waals surface area contributed by atoms with E-state index in [4.69, 9.17) is 0 Å². The van der Waals surface area contributed by atoms with Gasteiger partial charge < -0.3 is 0 Å². The predicted molar refractivity (Wildman–Crippen MR) is 139 cm³/mol. The number of hydrogen-bond donors (Lipinski definition) is 0. The van der Waals surface area contributed by atoms with E-state index in [1.807, 2.05) is 23.5 Å². The Morgan fingerprint density at radius 1 is 0.406 bits per heavy atom. The molecule has 4 aromatic rings. The number of aryl methyl sites for hydroxylation is 2. The van der Waals surface area contributed by atoms with Crippen molar-refractivity contribution >= 4 is 23.5 Å². The normalized spacial score (nSPS) is 10.9. The number of hydrogen-bond acceptors (Lipinski definition) is 2. The summed E-state index contributed by atoms with van der Waals surface area (Å²) in [6.07, 6.45) is 8.77. The van der Waals surface area contributed by atoms with Gasteiger partial charge in [0.2, 0.25) is 0 Å². The Hall–Kier alpha value is -2.56. The Morgan fingerprint density at radius 2 is 0.750 bits per heavy atom. The van der Waals surface area contributed by atoms with Crippen molar-refractivity contribution < 1.29 is 9.13 Å². The third-order valence-corrected chi connectivity index (χ3v) is 7.54. The number of nitrogens with zero attached hydrogens (tertiary/aromatic N) is 2. The van der Waals surface area contributed by atoms with Crippen LogP contribution in [0, 0.1) is 0 Å². The summed E-state index contributed by atoms with van der Waals surface area (Å²) in [5, 5.41) is 0. The van der Waals surface area contributed by atoms with Crippen LogP contribution in [0.15, 0.2) is 110 Å². The van der Waals surface area contributed by atoms with E-state index in [1.54, 1.807) is 0 Å². The highest BCUT2D eigenvalue weighted by Crippen LogP contribution is 2.17. The standard InChI is InChI=1S/C28H30N2S2/c1-3-7-25(8-4-1)27-11-15-29(16-12-27)19-21-31-23-24-32-22-20-30-17-13-28(14-18-30)26-9-5-2-6-10-26/h1-18H,19-24H2/q+2. The van der Waals surface area contributed by atoms with Crippen LogP contribution in [0.4, 0.5) is 0 Å². The molecule has 0 radical (unpaired) electrons. The zero-order chi connectivity index (χ0) is 21.8. The molecular formula is C28H30N2S2+2. The third kappa shape index (κ3) is 6.98. The van der Waals surface area contributed by atoms with Crippen molar-refractivity contribution in [2.45, 2.75) is 13.1 Å². The van der Waals surface area contributed by atoms with Crippen molar-refractivity contribution in [1.29, 1.82) is 0 Å². The first-order chi connectivity index (χ1) is 15.9. The second-order valence-electron chi connectivity index (χ2n) is 7.61. The summed E-state index contributed by atoms with van der Waals surface area (Å²) in [5.74, 6) is 4.74. The lowest BCUT2D eigenvalue weighted by atomic mass is 10.1. The van der Waals surface area contributed by atoms with Crippen LogP contribution in [0.3, 0.4) is 0 Å². The molecule has 0 unspecified atom stereocenters. The monoisotopic (exact) mass is 458 g/mol. The zero-order valence-electron chi connectivity index (χ0n) is 18.3. The Balaban J connectivity index is 1.08. The first-order valence-corrected chi connectivity index (χ1v) is 13.4. The van der Waals surface area contributed by atoms with Crippen molar-refractivity contribution in [3.63, 3.8) is 0 Å². The molecule has 4 heteroatoms. The summed E-state index contributed by atoms with van der Waals surface area (Å²) in [5.41, 5.74) is 5.10. The molecule has 0 aliphatic rings. The minimum absolute atomic E-state index is 1.06. The van der Waals surface area contributed by atoms with Crippen molar-refractivity contribution in [1.82, 2.24) is 0 Å². The van der Waals surface area contributed by atoms with Crippen molar-refractivity contribution in [2.75, 3.05) is 23.0 Å². The Bertz CT molecular complexity index is 961. The highest BCUT2D eigenvalue weighted by molar-refractivity contribution is 8.02. The smallest absolute Gasteiger partial charge is 0.169 e. The van der Waals surface area contributed by atoms with Gasteiger partial charge in [0.15, 0.2) is 37.9 Å². The van der Waals surface area contributed by atoms with Crippen LogP contribution in [0.1, 0.15) is 0 Å². The van der Waals surface area contributed by atoms with Gasteiger partial charge >= 0.3 is 0 Å². The first-order valence-electron chi connectivity index (χ1n) is 11.1. The van der Waals surface area contributed by atoms with Crippen molar-refractivity contribution in [3.05, 3.63) is 110 Å². The van der Waals surface area contributed by atoms with Crippen molar-refractivity contribution in [2.24, 2.45) is 0 Å². The molecule has 162 valence electrons. The number of rotatable bonds is 11. The molecule has 2 heterocycles. The van der Waals surface area contributed by atoms with E-state index in [-0.39, 0.29) is 0 Å². The molecule has 0 amide bonds. The fourth-order valence-electron chi connectivity index (χ4n) is 3.52. The van der Waals surface area contributed by atoms with Gasteiger partial charge in [-0.3, -0.25) is 0 Å². The largest absolute Gasteiger partial charge is 0.204 e. The minimum atomic E-state index is 1.06. The summed E-state index contributed by atoms with van der Waals surface area (Å²) in [7, 11) is 0. The number of aromatic nitrogens is 2. The SMILES string of the molecule is c1ccc(-c2cc[n+](CCSCCSCC[n+]3ccc(-c4ccccc4)cc3)cc2)cc1. The molecule has 32 heavy (non-hydrogen) atoms. The van der Waals surface area contributed by atoms with E-state index in [1.165, 1.54) is 33.8 Å². The Kier molecular flexibility index (Phi) is 8.82. The van der Waals surface area contributed by atoms with Crippen LogP contribution in [0.2, 0.25) is 0 Å². The molecule has 0 aliphatic heterocycles. The highest BCUT2D eigenvalue weighted by atomic mass is 32.2. The molecule has 0 aliphatic carbocycles. The molecule has 0 N–H and O–H groups in total. The molecule has 0 saturated carbocycles. The molecule has 2 aromatic heterocycles. The third-order valence-electron chi connectivity index (χ3n) is 5.36. The van der Waals surface area contributed by atoms with Gasteiger partial charge in [0, 0.05) is 35.8 Å². The maximum Gasteiger partial charge on any atom is 0.169 e. The highest BCUT2D eigenvalue weighted by Gasteiger charge is 2.04. The summed E-state index contributed by atoms with van der Waals surface area (Å²) >= 11 is 4.09. The van der Waals surface area contributed by atoms with Crippen LogP contribution in [0.25, 0.3) is 22.3 Å². The van der Waals surface area contributed by atoms with Gasteiger partial charge in [-0.25, -0.2) is 9.13 Å². The van der Waals surface area contributed by atoms with Crippen LogP contribution in [-0.4, -0.2) is 23.0 Å². The molecule has 0 atom stereocenters. The van der Waals surface area contributed by atoms with Crippen LogP contribution in [0.5, 0.6) is 0 Å². The Morgan fingerprint density at radius 3 is 1.12 bits per heavy atom. The van der Waals surface area contributed by atoms with Crippen LogP contribution < -0.4 is 9.13 Å². The maximum absolute atomic E-state index is 2.28. The topological polar surface area (TPSA) is 7.76 Å². The van der Waals surface area contributed by atoms with Crippen LogP contribution in [-0.2, 0) is 13.1 Å². The second-order valence-corrected chi connectivity index (χ2v) is 10.1. The molecule has 2 nitrogen and oxygen atoms in total. The molecule has 0 spiro atoms. The van der Waals surface area contributed by atoms with E-state index in [0.29, 0.717) is 0 Å². The van der Waals surface area contributed by atoms with Gasteiger partial charge in [0.05, 0.1) is 11.5 Å². The van der Waals surface area contributed by atoms with Gasteiger partial charge in [-0.15, -0.1) is 0 Å². The second kappa shape index (κ2) is 12.5. The fraction of sp³-hybridized carbons (Fsp3) is 0.214. The van der Waals surface area contributed by atoms with E-state index in [0.717, 1.165) is 24.6 Å². The molecule has 0 bridgehead atoms. The van der Waals surface area contributed by atoms with Gasteiger partial charge in [-0.05, 0) is 22.3 Å². The average molecular weight is 459 g/mol. The quantitative estimate of drug-likeness (QED) is 0.208. The molecule has 4 rings (SSSR count). The van der Waals surface area contributed by atoms with E-state index in [2.05, 4.69) is 119 Å². The number of benzene rings is 2. The van der Waals surface area contributed by atoms with Gasteiger partial charge in [-0.1, -0.05) is 60.7 Å². The summed E-state index contributed by atoms with van der Waals surface area (Å²) in [6.45, 7) is 2.13. The first kappa shape index (κ1) is 22.6. The van der Waals surface area contributed by atoms with E-state index >= 15 is 0 Å². The predicted octanol–water partition coefficient (Wildman–Crippen LogP) is 5.76. The van der Waals surface area contributed by atoms with Crippen LogP contribution >= 0.6 is 23.5 Å². The zero-order valence-corrected chi connectivity index (χ0v) is 20.0. The van der Waals surface area contributed by atoms with Gasteiger partial charge in [-0.2, -0.15) is 23.5 Å². The van der Waals surface area contributed by atoms with Crippen molar-refractivity contribution in [3.8, 4) is 22.3 Å². The lowest BCUT2D eigenvalue weighted by molar-refractivity contribution is -0.692. The molecule has 2 aromatic carbocycles. The molecular weight excluding hydrogens is 428 g/mol. The lowest BCUT2D eigenvalue weighted by Gasteiger charge is -2.03. The fourth-order valence-corrected chi connectivity index (χ4v) is 5.55. The Labute approximate surface area is 200 Å². The summed E-state index contributed by atoms with van der Waals surface area (Å²) in [4.78, 5) is 0. The molecule has 0 saturated heterocycles. The van der Waals surface area contributed by atoms with Gasteiger partial charge in [0.25, 0.3) is 0 Å². The van der Waals surface area contributed by atoms with Gasteiger partial charge in [0.1, 0.15) is 0 Å². The number of pyridine rings is 2. The summed E-state index contributed by atoms with van der Waals surface area (Å²) < 4.78 is 4.56. The number of thioether (sulfide) groups is 2. The maximum atomic E-state index is 2.28. The van der Waals surface area contributed by atoms with E-state index in [9.17, 15) is 0 Å². The minimum Gasteiger partial charge on any atom is -0.204 e.